The first-order chi connectivity index (χ1) is 16.7. The van der Waals surface area contributed by atoms with Crippen LogP contribution in [0, 0.1) is 0 Å². The van der Waals surface area contributed by atoms with Crippen LogP contribution in [0.1, 0.15) is 12.8 Å². The summed E-state index contributed by atoms with van der Waals surface area (Å²) in [5.41, 5.74) is 10.4. The largest absolute Gasteiger partial charge is 0.378 e. The van der Waals surface area contributed by atoms with Crippen molar-refractivity contribution in [2.75, 3.05) is 49.2 Å². The molecule has 10 nitrogen and oxygen atoms in total. The van der Waals surface area contributed by atoms with Gasteiger partial charge in [-0.1, -0.05) is 6.07 Å². The Kier molecular flexibility index (Phi) is 5.52. The molecule has 0 atom stereocenters. The van der Waals surface area contributed by atoms with Crippen LogP contribution in [0.4, 0.5) is 11.8 Å². The number of hydrogen-bond acceptors (Lipinski definition) is 9. The molecule has 5 heterocycles. The van der Waals surface area contributed by atoms with Gasteiger partial charge in [0.15, 0.2) is 0 Å². The zero-order valence-electron chi connectivity index (χ0n) is 18.9. The molecule has 174 valence electrons. The van der Waals surface area contributed by atoms with Crippen molar-refractivity contribution in [1.29, 1.82) is 0 Å². The number of ether oxygens (including phenoxy) is 1. The highest BCUT2D eigenvalue weighted by Gasteiger charge is 2.20. The summed E-state index contributed by atoms with van der Waals surface area (Å²) in [6.45, 7) is 4.77. The Labute approximate surface area is 197 Å². The lowest BCUT2D eigenvalue weighted by Crippen LogP contribution is -2.40. The van der Waals surface area contributed by atoms with Gasteiger partial charge in [0.2, 0.25) is 5.95 Å². The summed E-state index contributed by atoms with van der Waals surface area (Å²) >= 11 is 0. The second-order valence-electron chi connectivity index (χ2n) is 8.76. The van der Waals surface area contributed by atoms with Crippen LogP contribution in [0.3, 0.4) is 0 Å². The fourth-order valence-electron chi connectivity index (χ4n) is 4.54. The van der Waals surface area contributed by atoms with E-state index in [2.05, 4.69) is 42.1 Å². The van der Waals surface area contributed by atoms with Crippen LogP contribution in [0.25, 0.3) is 33.5 Å². The van der Waals surface area contributed by atoms with Crippen molar-refractivity contribution in [1.82, 2.24) is 30.1 Å². The maximum absolute atomic E-state index is 6.06. The second kappa shape index (κ2) is 8.96. The number of hydrogen-bond donors (Lipinski definition) is 2. The summed E-state index contributed by atoms with van der Waals surface area (Å²) in [5, 5.41) is 8.68. The normalized spacial score (nSPS) is 17.4. The molecule has 0 radical (unpaired) electrons. The van der Waals surface area contributed by atoms with Crippen molar-refractivity contribution in [3.63, 3.8) is 0 Å². The minimum atomic E-state index is 0.270. The van der Waals surface area contributed by atoms with Crippen LogP contribution in [-0.2, 0) is 4.74 Å². The van der Waals surface area contributed by atoms with E-state index in [0.717, 1.165) is 84.3 Å². The summed E-state index contributed by atoms with van der Waals surface area (Å²) in [4.78, 5) is 23.0. The number of benzene rings is 1. The zero-order valence-corrected chi connectivity index (χ0v) is 18.9. The summed E-state index contributed by atoms with van der Waals surface area (Å²) in [7, 11) is 0. The SMILES string of the molecule is NC1CCN(c2cncc(-c3n[nH]c4ccc(-c5ccnc(N6CCOCC6)n5)cc34)n2)CC1. The van der Waals surface area contributed by atoms with E-state index < -0.39 is 0 Å². The molecule has 0 saturated carbocycles. The van der Waals surface area contributed by atoms with Gasteiger partial charge in [-0.25, -0.2) is 15.0 Å². The third-order valence-corrected chi connectivity index (χ3v) is 6.52. The molecule has 10 heteroatoms. The van der Waals surface area contributed by atoms with Gasteiger partial charge in [-0.2, -0.15) is 5.10 Å². The highest BCUT2D eigenvalue weighted by Crippen LogP contribution is 2.30. The van der Waals surface area contributed by atoms with Crippen LogP contribution in [0.15, 0.2) is 42.9 Å². The summed E-state index contributed by atoms with van der Waals surface area (Å²) in [5.74, 6) is 1.59. The lowest BCUT2D eigenvalue weighted by atomic mass is 10.1. The molecule has 4 aromatic rings. The molecule has 0 bridgehead atoms. The molecule has 1 aromatic carbocycles. The maximum Gasteiger partial charge on any atom is 0.226 e. The van der Waals surface area contributed by atoms with Gasteiger partial charge >= 0.3 is 0 Å². The van der Waals surface area contributed by atoms with E-state index in [1.54, 1.807) is 6.20 Å². The molecule has 0 amide bonds. The highest BCUT2D eigenvalue weighted by molar-refractivity contribution is 5.94. The van der Waals surface area contributed by atoms with E-state index in [0.29, 0.717) is 13.2 Å². The van der Waals surface area contributed by atoms with E-state index in [1.807, 2.05) is 24.5 Å². The molecule has 2 aliphatic heterocycles. The Balaban J connectivity index is 1.33. The van der Waals surface area contributed by atoms with E-state index in [-0.39, 0.29) is 6.04 Å². The van der Waals surface area contributed by atoms with E-state index >= 15 is 0 Å². The van der Waals surface area contributed by atoms with Crippen molar-refractivity contribution in [2.45, 2.75) is 18.9 Å². The molecule has 2 fully saturated rings. The molecular formula is C24H27N9O. The quantitative estimate of drug-likeness (QED) is 0.475. The van der Waals surface area contributed by atoms with E-state index in [1.165, 1.54) is 0 Å². The fourth-order valence-corrected chi connectivity index (χ4v) is 4.54. The van der Waals surface area contributed by atoms with Crippen LogP contribution in [0.5, 0.6) is 0 Å². The Morgan fingerprint density at radius 3 is 2.65 bits per heavy atom. The average Bonchev–Trinajstić information content (AvgIpc) is 3.33. The van der Waals surface area contributed by atoms with E-state index in [4.69, 9.17) is 20.4 Å². The number of nitrogens with one attached hydrogen (secondary N) is 1. The number of nitrogens with zero attached hydrogens (tertiary/aromatic N) is 7. The van der Waals surface area contributed by atoms with Gasteiger partial charge in [0.05, 0.1) is 36.8 Å². The minimum Gasteiger partial charge on any atom is -0.378 e. The Morgan fingerprint density at radius 2 is 1.79 bits per heavy atom. The lowest BCUT2D eigenvalue weighted by molar-refractivity contribution is 0.122. The topological polar surface area (TPSA) is 122 Å². The van der Waals surface area contributed by atoms with Gasteiger partial charge in [0.1, 0.15) is 17.2 Å². The van der Waals surface area contributed by atoms with Gasteiger partial charge in [0, 0.05) is 49.4 Å². The first kappa shape index (κ1) is 20.9. The van der Waals surface area contributed by atoms with Crippen molar-refractivity contribution in [2.24, 2.45) is 5.73 Å². The molecule has 6 rings (SSSR count). The van der Waals surface area contributed by atoms with Crippen LogP contribution in [-0.4, -0.2) is 75.6 Å². The number of morpholine rings is 1. The number of nitrogens with two attached hydrogens (primary N) is 1. The standard InChI is InChI=1S/C24H27N9O/c25-17-4-7-32(8-5-17)22-15-26-14-21(28-22)23-18-13-16(1-2-20(18)30-31-23)19-3-6-27-24(29-19)33-9-11-34-12-10-33/h1-3,6,13-15,17H,4-5,7-12,25H2,(H,30,31). The van der Waals surface area contributed by atoms with Crippen molar-refractivity contribution in [3.8, 4) is 22.6 Å². The number of aromatic amines is 1. The Hall–Kier alpha value is -3.63. The van der Waals surface area contributed by atoms with Crippen molar-refractivity contribution < 1.29 is 4.74 Å². The minimum absolute atomic E-state index is 0.270. The molecule has 2 aliphatic rings. The third-order valence-electron chi connectivity index (χ3n) is 6.52. The number of piperidine rings is 1. The summed E-state index contributed by atoms with van der Waals surface area (Å²) in [6, 6.07) is 8.39. The average molecular weight is 458 g/mol. The first-order valence-electron chi connectivity index (χ1n) is 11.7. The van der Waals surface area contributed by atoms with E-state index in [9.17, 15) is 0 Å². The third kappa shape index (κ3) is 4.06. The number of fused-ring (bicyclic) bond motifs is 1. The number of anilines is 2. The molecule has 3 aromatic heterocycles. The molecule has 0 aliphatic carbocycles. The summed E-state index contributed by atoms with van der Waals surface area (Å²) in [6.07, 6.45) is 7.32. The zero-order chi connectivity index (χ0) is 22.9. The summed E-state index contributed by atoms with van der Waals surface area (Å²) < 4.78 is 5.46. The molecule has 0 unspecified atom stereocenters. The monoisotopic (exact) mass is 457 g/mol. The number of rotatable bonds is 4. The molecule has 2 saturated heterocycles. The smallest absolute Gasteiger partial charge is 0.226 e. The van der Waals surface area contributed by atoms with Gasteiger partial charge in [0.25, 0.3) is 0 Å². The lowest BCUT2D eigenvalue weighted by Gasteiger charge is -2.30. The number of H-pyrrole nitrogens is 1. The van der Waals surface area contributed by atoms with Crippen molar-refractivity contribution >= 4 is 22.7 Å². The first-order valence-corrected chi connectivity index (χ1v) is 11.7. The molecular weight excluding hydrogens is 430 g/mol. The van der Waals surface area contributed by atoms with Crippen LogP contribution >= 0.6 is 0 Å². The molecule has 34 heavy (non-hydrogen) atoms. The molecule has 0 spiro atoms. The Morgan fingerprint density at radius 1 is 0.941 bits per heavy atom. The predicted octanol–water partition coefficient (Wildman–Crippen LogP) is 2.24. The van der Waals surface area contributed by atoms with Crippen LogP contribution in [0.2, 0.25) is 0 Å². The van der Waals surface area contributed by atoms with Crippen LogP contribution < -0.4 is 15.5 Å². The second-order valence-corrected chi connectivity index (χ2v) is 8.76. The van der Waals surface area contributed by atoms with Gasteiger partial charge in [-0.15, -0.1) is 0 Å². The number of aromatic nitrogens is 6. The Bertz CT molecular complexity index is 1290. The molecule has 3 N–H and O–H groups in total. The highest BCUT2D eigenvalue weighted by atomic mass is 16.5. The predicted molar refractivity (Wildman–Crippen MR) is 131 cm³/mol. The van der Waals surface area contributed by atoms with Crippen molar-refractivity contribution in [3.05, 3.63) is 42.9 Å². The van der Waals surface area contributed by atoms with Gasteiger partial charge in [-0.3, -0.25) is 10.1 Å². The van der Waals surface area contributed by atoms with Gasteiger partial charge in [-0.05, 0) is 31.0 Å². The fraction of sp³-hybridized carbons (Fsp3) is 0.375. The van der Waals surface area contributed by atoms with Gasteiger partial charge < -0.3 is 20.3 Å². The maximum atomic E-state index is 6.06.